The second-order valence-electron chi connectivity index (χ2n) is 6.75. The van der Waals surface area contributed by atoms with Crippen LogP contribution in [0.5, 0.6) is 0 Å². The Morgan fingerprint density at radius 3 is 2.48 bits per heavy atom. The minimum absolute atomic E-state index is 0.0119. The van der Waals surface area contributed by atoms with E-state index in [-0.39, 0.29) is 30.5 Å². The van der Waals surface area contributed by atoms with E-state index in [1.165, 1.54) is 0 Å². The summed E-state index contributed by atoms with van der Waals surface area (Å²) in [6, 6.07) is 9.58. The first-order valence-electron chi connectivity index (χ1n) is 8.71. The number of nitrogens with zero attached hydrogens (tertiary/aromatic N) is 2. The molecule has 1 aromatic carbocycles. The molecule has 6 heteroatoms. The van der Waals surface area contributed by atoms with E-state index in [9.17, 15) is 4.79 Å². The number of carbonyl (C=O) groups excluding carboxylic acids is 1. The summed E-state index contributed by atoms with van der Waals surface area (Å²) < 4.78 is 1.85. The highest BCUT2D eigenvalue weighted by atomic mass is 16.3. The van der Waals surface area contributed by atoms with Crippen LogP contribution in [0, 0.1) is 5.92 Å². The van der Waals surface area contributed by atoms with Crippen LogP contribution in [-0.4, -0.2) is 33.6 Å². The molecule has 0 aliphatic rings. The lowest BCUT2D eigenvalue weighted by Gasteiger charge is -2.19. The third kappa shape index (κ3) is 5.06. The van der Waals surface area contributed by atoms with E-state index in [0.29, 0.717) is 6.54 Å². The number of amides is 2. The number of urea groups is 1. The molecular formula is C19H28N4O2. The number of nitrogens with one attached hydrogen (secondary N) is 2. The monoisotopic (exact) mass is 344 g/mol. The molecule has 0 saturated heterocycles. The predicted molar refractivity (Wildman–Crippen MR) is 98.7 cm³/mol. The van der Waals surface area contributed by atoms with E-state index in [4.69, 9.17) is 5.11 Å². The first-order chi connectivity index (χ1) is 11.9. The topological polar surface area (TPSA) is 79.2 Å². The van der Waals surface area contributed by atoms with Crippen LogP contribution in [0.1, 0.15) is 44.9 Å². The minimum Gasteiger partial charge on any atom is -0.396 e. The fraction of sp³-hybridized carbons (Fsp3) is 0.474. The average molecular weight is 344 g/mol. The lowest BCUT2D eigenvalue weighted by atomic mass is 10.1. The fourth-order valence-corrected chi connectivity index (χ4v) is 2.49. The largest absolute Gasteiger partial charge is 0.396 e. The van der Waals surface area contributed by atoms with Gasteiger partial charge in [0.2, 0.25) is 0 Å². The van der Waals surface area contributed by atoms with Crippen LogP contribution in [0.2, 0.25) is 0 Å². The van der Waals surface area contributed by atoms with Gasteiger partial charge in [-0.05, 0) is 30.9 Å². The zero-order valence-electron chi connectivity index (χ0n) is 15.4. The predicted octanol–water partition coefficient (Wildman–Crippen LogP) is 2.81. The van der Waals surface area contributed by atoms with Crippen molar-refractivity contribution in [3.05, 3.63) is 47.8 Å². The van der Waals surface area contributed by atoms with Gasteiger partial charge in [0.05, 0.1) is 11.4 Å². The number of aliphatic hydroxyl groups excluding tert-OH is 1. The molecule has 1 aromatic heterocycles. The van der Waals surface area contributed by atoms with E-state index < -0.39 is 0 Å². The van der Waals surface area contributed by atoms with Gasteiger partial charge in [-0.25, -0.2) is 9.48 Å². The van der Waals surface area contributed by atoms with Crippen LogP contribution in [0.25, 0.3) is 5.69 Å². The summed E-state index contributed by atoms with van der Waals surface area (Å²) in [5.74, 6) is 0.274. The summed E-state index contributed by atoms with van der Waals surface area (Å²) in [7, 11) is 0. The zero-order valence-corrected chi connectivity index (χ0v) is 15.4. The molecule has 0 fully saturated rings. The minimum atomic E-state index is -0.241. The lowest BCUT2D eigenvalue weighted by molar-refractivity contribution is 0.200. The van der Waals surface area contributed by atoms with Crippen molar-refractivity contribution in [3.8, 4) is 5.69 Å². The van der Waals surface area contributed by atoms with Crippen LogP contribution in [-0.2, 0) is 6.54 Å². The SMILES string of the molecule is CC(C)c1nn(-c2ccccc2)cc1CNC(=O)NC(C)C(C)CO. The highest BCUT2D eigenvalue weighted by molar-refractivity contribution is 5.74. The Bertz CT molecular complexity index is 682. The van der Waals surface area contributed by atoms with Gasteiger partial charge in [-0.3, -0.25) is 0 Å². The van der Waals surface area contributed by atoms with E-state index in [2.05, 4.69) is 29.6 Å². The molecule has 2 atom stereocenters. The first kappa shape index (κ1) is 19.0. The number of aliphatic hydroxyl groups is 1. The number of aromatic nitrogens is 2. The van der Waals surface area contributed by atoms with E-state index in [1.54, 1.807) is 0 Å². The Kier molecular flexibility index (Phi) is 6.58. The molecular weight excluding hydrogens is 316 g/mol. The normalized spacial score (nSPS) is 13.5. The van der Waals surface area contributed by atoms with Crippen molar-refractivity contribution in [3.63, 3.8) is 0 Å². The molecule has 2 amide bonds. The molecule has 3 N–H and O–H groups in total. The summed E-state index contributed by atoms with van der Waals surface area (Å²) >= 11 is 0. The maximum absolute atomic E-state index is 12.1. The molecule has 25 heavy (non-hydrogen) atoms. The number of para-hydroxylation sites is 1. The summed E-state index contributed by atoms with van der Waals surface area (Å²) in [6.45, 7) is 8.41. The third-order valence-corrected chi connectivity index (χ3v) is 4.33. The molecule has 6 nitrogen and oxygen atoms in total. The molecule has 0 aliphatic heterocycles. The van der Waals surface area contributed by atoms with Crippen LogP contribution in [0.4, 0.5) is 4.79 Å². The van der Waals surface area contributed by atoms with Crippen molar-refractivity contribution in [2.45, 2.75) is 46.2 Å². The van der Waals surface area contributed by atoms with Crippen molar-refractivity contribution in [2.24, 2.45) is 5.92 Å². The molecule has 0 bridgehead atoms. The van der Waals surface area contributed by atoms with Crippen molar-refractivity contribution < 1.29 is 9.90 Å². The second-order valence-corrected chi connectivity index (χ2v) is 6.75. The second kappa shape index (κ2) is 8.67. The van der Waals surface area contributed by atoms with E-state index in [1.807, 2.05) is 55.1 Å². The molecule has 136 valence electrons. The van der Waals surface area contributed by atoms with E-state index in [0.717, 1.165) is 16.9 Å². The Labute approximate surface area is 149 Å². The van der Waals surface area contributed by atoms with Crippen LogP contribution < -0.4 is 10.6 Å². The van der Waals surface area contributed by atoms with Gasteiger partial charge in [0.1, 0.15) is 0 Å². The van der Waals surface area contributed by atoms with Gasteiger partial charge in [-0.15, -0.1) is 0 Å². The van der Waals surface area contributed by atoms with Gasteiger partial charge >= 0.3 is 6.03 Å². The van der Waals surface area contributed by atoms with Crippen molar-refractivity contribution in [2.75, 3.05) is 6.61 Å². The molecule has 2 rings (SSSR count). The molecule has 1 heterocycles. The van der Waals surface area contributed by atoms with Gasteiger partial charge in [0.15, 0.2) is 0 Å². The van der Waals surface area contributed by atoms with Gasteiger partial charge in [-0.1, -0.05) is 39.0 Å². The van der Waals surface area contributed by atoms with Gasteiger partial charge in [0.25, 0.3) is 0 Å². The van der Waals surface area contributed by atoms with Crippen molar-refractivity contribution in [1.29, 1.82) is 0 Å². The van der Waals surface area contributed by atoms with Crippen molar-refractivity contribution >= 4 is 6.03 Å². The molecule has 0 saturated carbocycles. The molecule has 0 radical (unpaired) electrons. The summed E-state index contributed by atoms with van der Waals surface area (Å²) in [5, 5.41) is 19.6. The molecule has 0 spiro atoms. The fourth-order valence-electron chi connectivity index (χ4n) is 2.49. The van der Waals surface area contributed by atoms with Gasteiger partial charge in [0, 0.05) is 31.0 Å². The number of benzene rings is 1. The average Bonchev–Trinajstić information content (AvgIpc) is 3.04. The molecule has 2 unspecified atom stereocenters. The van der Waals surface area contributed by atoms with Gasteiger partial charge in [-0.2, -0.15) is 5.10 Å². The summed E-state index contributed by atoms with van der Waals surface area (Å²) in [5.41, 5.74) is 2.96. The highest BCUT2D eigenvalue weighted by Gasteiger charge is 2.16. The Hall–Kier alpha value is -2.34. The maximum Gasteiger partial charge on any atom is 0.315 e. The maximum atomic E-state index is 12.1. The Morgan fingerprint density at radius 2 is 1.88 bits per heavy atom. The highest BCUT2D eigenvalue weighted by Crippen LogP contribution is 2.19. The summed E-state index contributed by atoms with van der Waals surface area (Å²) in [4.78, 5) is 12.1. The smallest absolute Gasteiger partial charge is 0.315 e. The van der Waals surface area contributed by atoms with Crippen molar-refractivity contribution in [1.82, 2.24) is 20.4 Å². The molecule has 2 aromatic rings. The van der Waals surface area contributed by atoms with Crippen LogP contribution in [0.3, 0.4) is 0 Å². The third-order valence-electron chi connectivity index (χ3n) is 4.33. The summed E-state index contributed by atoms with van der Waals surface area (Å²) in [6.07, 6.45) is 1.96. The van der Waals surface area contributed by atoms with E-state index >= 15 is 0 Å². The Balaban J connectivity index is 2.06. The van der Waals surface area contributed by atoms with Crippen LogP contribution >= 0.6 is 0 Å². The molecule has 0 aliphatic carbocycles. The van der Waals surface area contributed by atoms with Gasteiger partial charge < -0.3 is 15.7 Å². The van der Waals surface area contributed by atoms with Crippen LogP contribution in [0.15, 0.2) is 36.5 Å². The number of rotatable bonds is 7. The lowest BCUT2D eigenvalue weighted by Crippen LogP contribution is -2.44. The quantitative estimate of drug-likeness (QED) is 0.722. The first-order valence-corrected chi connectivity index (χ1v) is 8.71. The zero-order chi connectivity index (χ0) is 18.4. The standard InChI is InChI=1S/C19H28N4O2/c1-13(2)18-16(10-20-19(25)21-15(4)14(3)12-24)11-23(22-18)17-8-6-5-7-9-17/h5-9,11,13-15,24H,10,12H2,1-4H3,(H2,20,21,25). The Morgan fingerprint density at radius 1 is 1.20 bits per heavy atom. The number of hydrogen-bond acceptors (Lipinski definition) is 3. The number of hydrogen-bond donors (Lipinski definition) is 3. The number of carbonyl (C=O) groups is 1.